The van der Waals surface area contributed by atoms with Crippen molar-refractivity contribution < 1.29 is 13.2 Å². The summed E-state index contributed by atoms with van der Waals surface area (Å²) >= 11 is 1.33. The van der Waals surface area contributed by atoms with Gasteiger partial charge in [-0.25, -0.2) is 17.7 Å². The van der Waals surface area contributed by atoms with Gasteiger partial charge in [-0.3, -0.25) is 4.79 Å². The van der Waals surface area contributed by atoms with Gasteiger partial charge in [-0.2, -0.15) is 0 Å². The van der Waals surface area contributed by atoms with Gasteiger partial charge in [0.25, 0.3) is 5.91 Å². The Bertz CT molecular complexity index is 873. The summed E-state index contributed by atoms with van der Waals surface area (Å²) in [6.45, 7) is 1.97. The van der Waals surface area contributed by atoms with Crippen molar-refractivity contribution in [2.45, 2.75) is 18.2 Å². The molecular formula is C16H22N4O3S2. The van der Waals surface area contributed by atoms with Crippen LogP contribution < -0.4 is 10.2 Å². The van der Waals surface area contributed by atoms with Crippen molar-refractivity contribution in [2.75, 3.05) is 38.4 Å². The number of rotatable bonds is 6. The molecule has 1 aromatic carbocycles. The van der Waals surface area contributed by atoms with Crippen LogP contribution in [0.2, 0.25) is 0 Å². The van der Waals surface area contributed by atoms with E-state index in [1.165, 1.54) is 43.8 Å². The second kappa shape index (κ2) is 7.51. The van der Waals surface area contributed by atoms with E-state index in [2.05, 4.69) is 10.3 Å². The maximum atomic E-state index is 12.5. The number of hydrogen-bond acceptors (Lipinski definition) is 6. The van der Waals surface area contributed by atoms with Crippen LogP contribution >= 0.6 is 11.3 Å². The average molecular weight is 383 g/mol. The Kier molecular flexibility index (Phi) is 5.81. The van der Waals surface area contributed by atoms with Gasteiger partial charge in [0, 0.05) is 28.2 Å². The second-order valence-electron chi connectivity index (χ2n) is 5.79. The van der Waals surface area contributed by atoms with Crippen LogP contribution in [0, 0.1) is 0 Å². The summed E-state index contributed by atoms with van der Waals surface area (Å²) in [5, 5.41) is 3.68. The molecule has 1 N–H and O–H groups in total. The first-order chi connectivity index (χ1) is 11.7. The summed E-state index contributed by atoms with van der Waals surface area (Å²) in [5.41, 5.74) is 1.15. The van der Waals surface area contributed by atoms with Gasteiger partial charge in [0.05, 0.1) is 27.5 Å². The molecule has 9 heteroatoms. The van der Waals surface area contributed by atoms with Crippen molar-refractivity contribution in [3.05, 3.63) is 34.3 Å². The molecule has 0 saturated heterocycles. The molecule has 2 rings (SSSR count). The molecule has 0 aliphatic rings. The van der Waals surface area contributed by atoms with Gasteiger partial charge in [-0.1, -0.05) is 6.92 Å². The van der Waals surface area contributed by atoms with Crippen LogP contribution in [0.1, 0.15) is 21.6 Å². The molecule has 0 spiro atoms. The molecule has 136 valence electrons. The van der Waals surface area contributed by atoms with Crippen LogP contribution in [0.3, 0.4) is 0 Å². The average Bonchev–Trinajstić information content (AvgIpc) is 3.03. The van der Waals surface area contributed by atoms with E-state index >= 15 is 0 Å². The standard InChI is InChI=1S/C16H22N4O3S2/c1-6-15-17-10-14(24-15)16(21)18-12-9-11(25(22,23)20(4)5)7-8-13(12)19(2)3/h7-10H,6H2,1-5H3,(H,18,21). The number of carbonyl (C=O) groups is 1. The lowest BCUT2D eigenvalue weighted by Crippen LogP contribution is -2.23. The molecule has 25 heavy (non-hydrogen) atoms. The number of aromatic nitrogens is 1. The highest BCUT2D eigenvalue weighted by atomic mass is 32.2. The Morgan fingerprint density at radius 1 is 1.24 bits per heavy atom. The van der Waals surface area contributed by atoms with Crippen molar-refractivity contribution in [2.24, 2.45) is 0 Å². The van der Waals surface area contributed by atoms with Gasteiger partial charge >= 0.3 is 0 Å². The predicted octanol–water partition coefficient (Wildman–Crippen LogP) is 2.27. The van der Waals surface area contributed by atoms with Crippen molar-refractivity contribution >= 4 is 38.6 Å². The molecule has 0 aliphatic heterocycles. The van der Waals surface area contributed by atoms with Crippen LogP contribution in [0.15, 0.2) is 29.3 Å². The molecule has 0 saturated carbocycles. The van der Waals surface area contributed by atoms with Crippen molar-refractivity contribution in [3.63, 3.8) is 0 Å². The third kappa shape index (κ3) is 4.17. The van der Waals surface area contributed by atoms with E-state index in [9.17, 15) is 13.2 Å². The molecule has 1 aromatic heterocycles. The van der Waals surface area contributed by atoms with E-state index in [0.29, 0.717) is 16.3 Å². The van der Waals surface area contributed by atoms with Gasteiger partial charge in [-0.05, 0) is 24.6 Å². The molecule has 1 heterocycles. The van der Waals surface area contributed by atoms with Crippen LogP contribution in [0.5, 0.6) is 0 Å². The number of benzene rings is 1. The van der Waals surface area contributed by atoms with Crippen molar-refractivity contribution in [3.8, 4) is 0 Å². The summed E-state index contributed by atoms with van der Waals surface area (Å²) in [6.07, 6.45) is 2.30. The summed E-state index contributed by atoms with van der Waals surface area (Å²) < 4.78 is 25.8. The van der Waals surface area contributed by atoms with Gasteiger partial charge in [-0.15, -0.1) is 11.3 Å². The van der Waals surface area contributed by atoms with E-state index in [1.807, 2.05) is 25.9 Å². The number of nitrogens with one attached hydrogen (secondary N) is 1. The highest BCUT2D eigenvalue weighted by molar-refractivity contribution is 7.89. The molecule has 0 aliphatic carbocycles. The fraction of sp³-hybridized carbons (Fsp3) is 0.375. The number of anilines is 2. The number of aryl methyl sites for hydroxylation is 1. The molecule has 0 bridgehead atoms. The molecule has 0 fully saturated rings. The summed E-state index contributed by atoms with van der Waals surface area (Å²) in [6, 6.07) is 4.68. The minimum absolute atomic E-state index is 0.122. The highest BCUT2D eigenvalue weighted by Gasteiger charge is 2.20. The Morgan fingerprint density at radius 2 is 1.92 bits per heavy atom. The second-order valence-corrected chi connectivity index (χ2v) is 9.05. The summed E-state index contributed by atoms with van der Waals surface area (Å²) in [7, 11) is 3.00. The SMILES string of the molecule is CCc1ncc(C(=O)Nc2cc(S(=O)(=O)N(C)C)ccc2N(C)C)s1. The molecule has 7 nitrogen and oxygen atoms in total. The number of thiazole rings is 1. The Morgan fingerprint density at radius 3 is 2.44 bits per heavy atom. The first-order valence-corrected chi connectivity index (χ1v) is 9.92. The lowest BCUT2D eigenvalue weighted by atomic mass is 10.2. The zero-order chi connectivity index (χ0) is 18.8. The first kappa shape index (κ1) is 19.4. The van der Waals surface area contributed by atoms with E-state index in [1.54, 1.807) is 6.07 Å². The predicted molar refractivity (Wildman–Crippen MR) is 101 cm³/mol. The zero-order valence-electron chi connectivity index (χ0n) is 14.9. The monoisotopic (exact) mass is 382 g/mol. The maximum absolute atomic E-state index is 12.5. The minimum atomic E-state index is -3.59. The Hall–Kier alpha value is -1.97. The number of amides is 1. The third-order valence-corrected chi connectivity index (χ3v) is 6.51. The summed E-state index contributed by atoms with van der Waals surface area (Å²) in [4.78, 5) is 19.1. The number of carbonyl (C=O) groups excluding carboxylic acids is 1. The smallest absolute Gasteiger partial charge is 0.267 e. The van der Waals surface area contributed by atoms with E-state index < -0.39 is 10.0 Å². The topological polar surface area (TPSA) is 82.6 Å². The van der Waals surface area contributed by atoms with Gasteiger partial charge in [0.2, 0.25) is 10.0 Å². The molecule has 0 atom stereocenters. The Balaban J connectivity index is 2.41. The normalized spacial score (nSPS) is 11.6. The van der Waals surface area contributed by atoms with Crippen LogP contribution in [0.25, 0.3) is 0 Å². The fourth-order valence-corrected chi connectivity index (χ4v) is 3.82. The number of hydrogen-bond donors (Lipinski definition) is 1. The van der Waals surface area contributed by atoms with E-state index in [-0.39, 0.29) is 10.8 Å². The lowest BCUT2D eigenvalue weighted by molar-refractivity contribution is 0.103. The lowest BCUT2D eigenvalue weighted by Gasteiger charge is -2.20. The fourth-order valence-electron chi connectivity index (χ4n) is 2.14. The number of sulfonamides is 1. The summed E-state index contributed by atoms with van der Waals surface area (Å²) in [5.74, 6) is -0.306. The highest BCUT2D eigenvalue weighted by Crippen LogP contribution is 2.29. The van der Waals surface area contributed by atoms with Crippen molar-refractivity contribution in [1.29, 1.82) is 0 Å². The van der Waals surface area contributed by atoms with Crippen LogP contribution in [0.4, 0.5) is 11.4 Å². The molecule has 1 amide bonds. The van der Waals surface area contributed by atoms with Crippen LogP contribution in [-0.4, -0.2) is 51.8 Å². The molecule has 0 radical (unpaired) electrons. The molecule has 0 unspecified atom stereocenters. The van der Waals surface area contributed by atoms with Crippen molar-refractivity contribution in [1.82, 2.24) is 9.29 Å². The Labute approximate surface area is 152 Å². The first-order valence-electron chi connectivity index (χ1n) is 7.66. The number of nitrogens with zero attached hydrogens (tertiary/aromatic N) is 3. The molecule has 2 aromatic rings. The molecular weight excluding hydrogens is 360 g/mol. The van der Waals surface area contributed by atoms with Gasteiger partial charge < -0.3 is 10.2 Å². The van der Waals surface area contributed by atoms with Crippen LogP contribution in [-0.2, 0) is 16.4 Å². The quantitative estimate of drug-likeness (QED) is 0.829. The zero-order valence-corrected chi connectivity index (χ0v) is 16.5. The van der Waals surface area contributed by atoms with Gasteiger partial charge in [0.15, 0.2) is 0 Å². The minimum Gasteiger partial charge on any atom is -0.376 e. The maximum Gasteiger partial charge on any atom is 0.267 e. The third-order valence-electron chi connectivity index (χ3n) is 3.56. The van der Waals surface area contributed by atoms with Gasteiger partial charge in [0.1, 0.15) is 4.88 Å². The largest absolute Gasteiger partial charge is 0.376 e. The van der Waals surface area contributed by atoms with E-state index in [4.69, 9.17) is 0 Å². The van der Waals surface area contributed by atoms with E-state index in [0.717, 1.165) is 15.7 Å².